The van der Waals surface area contributed by atoms with Crippen LogP contribution in [0, 0.1) is 0 Å². The minimum atomic E-state index is -0.522. The number of aromatic nitrogens is 1. The lowest BCUT2D eigenvalue weighted by atomic mass is 9.93. The Kier molecular flexibility index (Phi) is 8.78. The Morgan fingerprint density at radius 3 is 2.69 bits per heavy atom. The smallest absolute Gasteiger partial charge is 0.222 e. The number of allylic oxidation sites excluding steroid dienone is 2. The van der Waals surface area contributed by atoms with E-state index < -0.39 is 4.87 Å². The van der Waals surface area contributed by atoms with Crippen LogP contribution in [0.5, 0.6) is 0 Å². The largest absolute Gasteiger partial charge is 0.355 e. The van der Waals surface area contributed by atoms with Crippen LogP contribution in [0.3, 0.4) is 0 Å². The third-order valence-electron chi connectivity index (χ3n) is 7.03. The number of amides is 2. The fourth-order valence-corrected chi connectivity index (χ4v) is 5.50. The van der Waals surface area contributed by atoms with Gasteiger partial charge in [0.2, 0.25) is 11.8 Å². The van der Waals surface area contributed by atoms with Crippen LogP contribution >= 0.6 is 27.5 Å². The number of carbonyl (C=O) groups excluding carboxylic acids is 2. The van der Waals surface area contributed by atoms with Crippen molar-refractivity contribution in [1.82, 2.24) is 14.8 Å². The van der Waals surface area contributed by atoms with Crippen LogP contribution in [0.2, 0.25) is 0 Å². The van der Waals surface area contributed by atoms with Crippen molar-refractivity contribution in [2.75, 3.05) is 19.6 Å². The number of nitrogens with one attached hydrogen (secondary N) is 1. The van der Waals surface area contributed by atoms with Gasteiger partial charge in [0, 0.05) is 61.3 Å². The third kappa shape index (κ3) is 6.92. The molecule has 0 saturated carbocycles. The maximum Gasteiger partial charge on any atom is 0.222 e. The van der Waals surface area contributed by atoms with Gasteiger partial charge >= 0.3 is 0 Å². The van der Waals surface area contributed by atoms with E-state index in [-0.39, 0.29) is 17.7 Å². The van der Waals surface area contributed by atoms with Crippen LogP contribution in [0.25, 0.3) is 12.2 Å². The molecule has 0 spiro atoms. The highest BCUT2D eigenvalue weighted by atomic mass is 79.9. The van der Waals surface area contributed by atoms with E-state index >= 15 is 0 Å². The fourth-order valence-electron chi connectivity index (χ4n) is 5.11. The molecule has 1 N–H and O–H groups in total. The number of piperidine rings is 1. The van der Waals surface area contributed by atoms with Crippen molar-refractivity contribution in [3.8, 4) is 0 Å². The van der Waals surface area contributed by atoms with E-state index in [0.717, 1.165) is 54.5 Å². The van der Waals surface area contributed by atoms with Crippen LogP contribution < -0.4 is 5.32 Å². The highest BCUT2D eigenvalue weighted by molar-refractivity contribution is 9.10. The predicted octanol–water partition coefficient (Wildman–Crippen LogP) is 6.15. The lowest BCUT2D eigenvalue weighted by Gasteiger charge is -2.33. The molecule has 5 nitrogen and oxygen atoms in total. The standard InChI is InChI=1S/C29H35BrClN3O2/c1-21(35)32-16-18-34-26-13-15-29(2,31)14-12-23(26)19-27(34)24-6-4-17-33(20-24)28(36)7-3-5-22-8-10-25(30)11-9-22/h8-15,19,24H,3-7,16-18,20H2,1-2H3,(H,32,35). The van der Waals surface area contributed by atoms with Crippen molar-refractivity contribution in [1.29, 1.82) is 0 Å². The van der Waals surface area contributed by atoms with E-state index in [9.17, 15) is 9.59 Å². The summed E-state index contributed by atoms with van der Waals surface area (Å²) in [6.45, 7) is 6.31. The number of alkyl halides is 1. The molecule has 2 amide bonds. The Hall–Kier alpha value is -2.31. The second-order valence-corrected chi connectivity index (χ2v) is 11.8. The molecule has 1 aliphatic heterocycles. The van der Waals surface area contributed by atoms with Gasteiger partial charge in [-0.2, -0.15) is 0 Å². The molecular weight excluding hydrogens is 538 g/mol. The number of carbonyl (C=O) groups is 2. The molecular formula is C29H35BrClN3O2. The SMILES string of the molecule is CC(=O)NCCn1c(C2CCCN(C(=O)CCCc3ccc(Br)cc3)C2)cc2c1C=CC(C)(Cl)C=C2. The zero-order valence-electron chi connectivity index (χ0n) is 21.1. The first kappa shape index (κ1) is 26.7. The summed E-state index contributed by atoms with van der Waals surface area (Å²) in [7, 11) is 0. The Labute approximate surface area is 227 Å². The molecule has 0 radical (unpaired) electrons. The highest BCUT2D eigenvalue weighted by Gasteiger charge is 2.28. The van der Waals surface area contributed by atoms with Crippen molar-refractivity contribution in [2.45, 2.75) is 63.3 Å². The van der Waals surface area contributed by atoms with Crippen LogP contribution in [0.1, 0.15) is 68.0 Å². The number of hydrogen-bond acceptors (Lipinski definition) is 2. The second kappa shape index (κ2) is 11.8. The van der Waals surface area contributed by atoms with Gasteiger partial charge < -0.3 is 14.8 Å². The van der Waals surface area contributed by atoms with Gasteiger partial charge in [0.05, 0.1) is 4.87 Å². The molecule has 4 rings (SSSR count). The summed E-state index contributed by atoms with van der Waals surface area (Å²) in [5, 5.41) is 2.92. The first-order valence-electron chi connectivity index (χ1n) is 12.8. The van der Waals surface area contributed by atoms with E-state index in [4.69, 9.17) is 11.6 Å². The molecule has 192 valence electrons. The summed E-state index contributed by atoms with van der Waals surface area (Å²) in [5.41, 5.74) is 4.72. The minimum absolute atomic E-state index is 0.0313. The van der Waals surface area contributed by atoms with Crippen LogP contribution in [-0.4, -0.2) is 45.8 Å². The lowest BCUT2D eigenvalue weighted by Crippen LogP contribution is -2.39. The first-order chi connectivity index (χ1) is 17.2. The number of nitrogens with zero attached hydrogens (tertiary/aromatic N) is 2. The molecule has 1 aromatic heterocycles. The predicted molar refractivity (Wildman–Crippen MR) is 151 cm³/mol. The molecule has 7 heteroatoms. The van der Waals surface area contributed by atoms with E-state index in [1.807, 2.05) is 36.1 Å². The average molecular weight is 573 g/mol. The summed E-state index contributed by atoms with van der Waals surface area (Å²) in [6, 6.07) is 10.6. The normalized spacial score (nSPS) is 21.2. The molecule has 1 aliphatic carbocycles. The summed E-state index contributed by atoms with van der Waals surface area (Å²) in [4.78, 5) is 26.1. The second-order valence-electron chi connectivity index (χ2n) is 10.0. The van der Waals surface area contributed by atoms with Crippen molar-refractivity contribution in [2.24, 2.45) is 0 Å². The molecule has 1 saturated heterocycles. The molecule has 2 heterocycles. The zero-order valence-corrected chi connectivity index (χ0v) is 23.4. The number of fused-ring (bicyclic) bond motifs is 1. The molecule has 36 heavy (non-hydrogen) atoms. The summed E-state index contributed by atoms with van der Waals surface area (Å²) in [5.74, 6) is 0.478. The van der Waals surface area contributed by atoms with E-state index in [2.05, 4.69) is 56.2 Å². The molecule has 2 aromatic rings. The van der Waals surface area contributed by atoms with Crippen molar-refractivity contribution >= 4 is 51.5 Å². The number of hydrogen-bond donors (Lipinski definition) is 1. The molecule has 1 aromatic carbocycles. The van der Waals surface area contributed by atoms with Gasteiger partial charge in [0.15, 0.2) is 0 Å². The van der Waals surface area contributed by atoms with Crippen molar-refractivity contribution in [3.63, 3.8) is 0 Å². The third-order valence-corrected chi connectivity index (χ3v) is 7.81. The topological polar surface area (TPSA) is 54.3 Å². The van der Waals surface area contributed by atoms with Crippen molar-refractivity contribution in [3.05, 3.63) is 69.5 Å². The number of aryl methyl sites for hydroxylation is 1. The summed E-state index contributed by atoms with van der Waals surface area (Å²) in [6.07, 6.45) is 12.6. The fraction of sp³-hybridized carbons (Fsp3) is 0.448. The molecule has 0 bridgehead atoms. The lowest BCUT2D eigenvalue weighted by molar-refractivity contribution is -0.132. The quantitative estimate of drug-likeness (QED) is 0.386. The maximum atomic E-state index is 13.1. The number of rotatable bonds is 8. The van der Waals surface area contributed by atoms with Crippen molar-refractivity contribution < 1.29 is 9.59 Å². The van der Waals surface area contributed by atoms with Gasteiger partial charge in [-0.15, -0.1) is 11.6 Å². The van der Waals surface area contributed by atoms with Gasteiger partial charge in [0.1, 0.15) is 0 Å². The number of likely N-dealkylation sites (tertiary alicyclic amines) is 1. The Morgan fingerprint density at radius 1 is 1.19 bits per heavy atom. The van der Waals surface area contributed by atoms with E-state index in [0.29, 0.717) is 19.5 Å². The highest BCUT2D eigenvalue weighted by Crippen LogP contribution is 2.34. The zero-order chi connectivity index (χ0) is 25.7. The van der Waals surface area contributed by atoms with Gasteiger partial charge in [-0.25, -0.2) is 0 Å². The monoisotopic (exact) mass is 571 g/mol. The van der Waals surface area contributed by atoms with E-state index in [1.165, 1.54) is 11.3 Å². The Balaban J connectivity index is 1.46. The Bertz CT molecular complexity index is 1150. The molecule has 1 fully saturated rings. The van der Waals surface area contributed by atoms with E-state index in [1.54, 1.807) is 6.92 Å². The van der Waals surface area contributed by atoms with Crippen LogP contribution in [0.4, 0.5) is 0 Å². The van der Waals surface area contributed by atoms with Crippen LogP contribution in [-0.2, 0) is 22.6 Å². The average Bonchev–Trinajstić information content (AvgIpc) is 3.12. The summed E-state index contributed by atoms with van der Waals surface area (Å²) >= 11 is 10.0. The summed E-state index contributed by atoms with van der Waals surface area (Å²) < 4.78 is 3.37. The number of benzene rings is 1. The van der Waals surface area contributed by atoms with Crippen LogP contribution in [0.15, 0.2) is 47.0 Å². The molecule has 2 aliphatic rings. The van der Waals surface area contributed by atoms with Gasteiger partial charge in [-0.05, 0) is 68.0 Å². The van der Waals surface area contributed by atoms with Gasteiger partial charge in [-0.3, -0.25) is 9.59 Å². The molecule has 2 atom stereocenters. The number of halogens is 2. The minimum Gasteiger partial charge on any atom is -0.355 e. The first-order valence-corrected chi connectivity index (χ1v) is 14.0. The Morgan fingerprint density at radius 2 is 1.94 bits per heavy atom. The maximum absolute atomic E-state index is 13.1. The van der Waals surface area contributed by atoms with Gasteiger partial charge in [-0.1, -0.05) is 46.3 Å². The van der Waals surface area contributed by atoms with Gasteiger partial charge in [0.25, 0.3) is 0 Å². The molecule has 2 unspecified atom stereocenters.